The van der Waals surface area contributed by atoms with Crippen LogP contribution in [0.4, 0.5) is 0 Å². The molecule has 1 aromatic carbocycles. The molecule has 3 aliphatic rings. The monoisotopic (exact) mass is 490 g/mol. The zero-order chi connectivity index (χ0) is 21.1. The first-order chi connectivity index (χ1) is 14.5. The van der Waals surface area contributed by atoms with Gasteiger partial charge in [-0.05, 0) is 68.2 Å². The zero-order valence-electron chi connectivity index (χ0n) is 17.6. The standard InChI is InChI=1S/C24H31BrN2O2S/c1-16-9-11-19(12-10-16)26-23(28)15-27-20-7-2-3-8-21(20)30-22(24(27)29)14-17-5-4-6-18(25)13-17/h4-6,13-14,16,19-21H,2-3,7-12,15H2,1H3,(H,26,28)/b22-14+. The van der Waals surface area contributed by atoms with Crippen LogP contribution >= 0.6 is 27.7 Å². The molecular weight excluding hydrogens is 460 g/mol. The molecule has 1 aliphatic heterocycles. The molecule has 0 radical (unpaired) electrons. The van der Waals surface area contributed by atoms with E-state index in [0.717, 1.165) is 53.0 Å². The van der Waals surface area contributed by atoms with E-state index < -0.39 is 0 Å². The summed E-state index contributed by atoms with van der Waals surface area (Å²) in [6.45, 7) is 2.47. The van der Waals surface area contributed by atoms with E-state index in [1.807, 2.05) is 35.2 Å². The molecule has 0 aromatic heterocycles. The van der Waals surface area contributed by atoms with E-state index in [9.17, 15) is 9.59 Å². The predicted molar refractivity (Wildman–Crippen MR) is 127 cm³/mol. The van der Waals surface area contributed by atoms with Crippen molar-refractivity contribution in [3.05, 3.63) is 39.2 Å². The SMILES string of the molecule is CC1CCC(NC(=O)CN2C(=O)/C(=C\c3cccc(Br)c3)SC3CCCCC32)CC1. The first-order valence-corrected chi connectivity index (χ1v) is 12.9. The van der Waals surface area contributed by atoms with Crippen molar-refractivity contribution in [2.45, 2.75) is 75.6 Å². The van der Waals surface area contributed by atoms with Crippen LogP contribution in [0.5, 0.6) is 0 Å². The molecule has 1 saturated heterocycles. The van der Waals surface area contributed by atoms with E-state index in [2.05, 4.69) is 28.2 Å². The third-order valence-corrected chi connectivity index (χ3v) is 8.55. The third kappa shape index (κ3) is 5.31. The molecule has 30 heavy (non-hydrogen) atoms. The van der Waals surface area contributed by atoms with Gasteiger partial charge in [0.05, 0.1) is 4.91 Å². The van der Waals surface area contributed by atoms with Crippen molar-refractivity contribution in [2.75, 3.05) is 6.54 Å². The summed E-state index contributed by atoms with van der Waals surface area (Å²) in [5.74, 6) is 0.768. The summed E-state index contributed by atoms with van der Waals surface area (Å²) in [6.07, 6.45) is 10.9. The summed E-state index contributed by atoms with van der Waals surface area (Å²) in [6, 6.07) is 8.44. The van der Waals surface area contributed by atoms with Crippen molar-refractivity contribution in [2.24, 2.45) is 5.92 Å². The summed E-state index contributed by atoms with van der Waals surface area (Å²) in [7, 11) is 0. The number of carbonyl (C=O) groups excluding carboxylic acids is 2. The Hall–Kier alpha value is -1.27. The molecule has 2 saturated carbocycles. The maximum Gasteiger partial charge on any atom is 0.261 e. The van der Waals surface area contributed by atoms with Crippen molar-refractivity contribution in [3.8, 4) is 0 Å². The zero-order valence-corrected chi connectivity index (χ0v) is 20.0. The lowest BCUT2D eigenvalue weighted by Crippen LogP contribution is -2.55. The fourth-order valence-corrected chi connectivity index (χ4v) is 6.83. The number of benzene rings is 1. The summed E-state index contributed by atoms with van der Waals surface area (Å²) < 4.78 is 0.999. The molecule has 2 amide bonds. The highest BCUT2D eigenvalue weighted by Crippen LogP contribution is 2.42. The van der Waals surface area contributed by atoms with E-state index in [1.54, 1.807) is 11.8 Å². The van der Waals surface area contributed by atoms with Gasteiger partial charge in [-0.3, -0.25) is 9.59 Å². The molecule has 6 heteroatoms. The van der Waals surface area contributed by atoms with Crippen LogP contribution in [0.3, 0.4) is 0 Å². The second-order valence-electron chi connectivity index (χ2n) is 9.03. The van der Waals surface area contributed by atoms with Crippen molar-refractivity contribution in [1.29, 1.82) is 0 Å². The van der Waals surface area contributed by atoms with Crippen molar-refractivity contribution in [1.82, 2.24) is 10.2 Å². The molecule has 2 aliphatic carbocycles. The van der Waals surface area contributed by atoms with Crippen LogP contribution in [-0.2, 0) is 9.59 Å². The Bertz CT molecular complexity index is 819. The fraction of sp³-hybridized carbons (Fsp3) is 0.583. The quantitative estimate of drug-likeness (QED) is 0.576. The van der Waals surface area contributed by atoms with E-state index >= 15 is 0 Å². The Morgan fingerprint density at radius 2 is 1.97 bits per heavy atom. The molecule has 3 fully saturated rings. The Morgan fingerprint density at radius 3 is 2.73 bits per heavy atom. The summed E-state index contributed by atoms with van der Waals surface area (Å²) in [5.41, 5.74) is 1.01. The van der Waals surface area contributed by atoms with E-state index in [1.165, 1.54) is 19.3 Å². The maximum atomic E-state index is 13.4. The smallest absolute Gasteiger partial charge is 0.261 e. The van der Waals surface area contributed by atoms with Gasteiger partial charge in [0.25, 0.3) is 5.91 Å². The van der Waals surface area contributed by atoms with Crippen LogP contribution in [0.2, 0.25) is 0 Å². The Morgan fingerprint density at radius 1 is 1.20 bits per heavy atom. The van der Waals surface area contributed by atoms with Gasteiger partial charge in [0, 0.05) is 21.8 Å². The van der Waals surface area contributed by atoms with Crippen LogP contribution in [0.15, 0.2) is 33.6 Å². The van der Waals surface area contributed by atoms with E-state index in [-0.39, 0.29) is 30.4 Å². The number of rotatable bonds is 4. The van der Waals surface area contributed by atoms with Gasteiger partial charge in [0.1, 0.15) is 6.54 Å². The topological polar surface area (TPSA) is 49.4 Å². The maximum absolute atomic E-state index is 13.4. The Kier molecular flexibility index (Phi) is 7.24. The summed E-state index contributed by atoms with van der Waals surface area (Å²) in [5, 5.41) is 3.60. The number of carbonyl (C=O) groups is 2. The lowest BCUT2D eigenvalue weighted by Gasteiger charge is -2.44. The lowest BCUT2D eigenvalue weighted by atomic mass is 9.87. The second kappa shape index (κ2) is 9.90. The minimum absolute atomic E-state index is 0.000863. The lowest BCUT2D eigenvalue weighted by molar-refractivity contribution is -0.136. The molecule has 2 atom stereocenters. The molecular formula is C24H31BrN2O2S. The van der Waals surface area contributed by atoms with Crippen LogP contribution < -0.4 is 5.32 Å². The average Bonchev–Trinajstić information content (AvgIpc) is 2.73. The first-order valence-electron chi connectivity index (χ1n) is 11.2. The van der Waals surface area contributed by atoms with Gasteiger partial charge in [0.15, 0.2) is 0 Å². The first kappa shape index (κ1) is 21.9. The number of thioether (sulfide) groups is 1. The molecule has 4 rings (SSSR count). The number of halogens is 1. The van der Waals surface area contributed by atoms with Gasteiger partial charge >= 0.3 is 0 Å². The number of hydrogen-bond donors (Lipinski definition) is 1. The average molecular weight is 491 g/mol. The highest BCUT2D eigenvalue weighted by atomic mass is 79.9. The van der Waals surface area contributed by atoms with Gasteiger partial charge < -0.3 is 10.2 Å². The fourth-order valence-electron chi connectivity index (χ4n) is 4.94. The minimum Gasteiger partial charge on any atom is -0.352 e. The molecule has 2 unspecified atom stereocenters. The molecule has 1 aromatic rings. The van der Waals surface area contributed by atoms with Crippen LogP contribution in [0.1, 0.15) is 63.9 Å². The van der Waals surface area contributed by atoms with Crippen LogP contribution in [-0.4, -0.2) is 40.6 Å². The van der Waals surface area contributed by atoms with Gasteiger partial charge in [-0.25, -0.2) is 0 Å². The number of amides is 2. The van der Waals surface area contributed by atoms with E-state index in [4.69, 9.17) is 0 Å². The Labute approximate surface area is 192 Å². The van der Waals surface area contributed by atoms with Crippen molar-refractivity contribution < 1.29 is 9.59 Å². The van der Waals surface area contributed by atoms with Gasteiger partial charge in [-0.1, -0.05) is 47.8 Å². The molecule has 1 N–H and O–H groups in total. The van der Waals surface area contributed by atoms with Crippen LogP contribution in [0, 0.1) is 5.92 Å². The summed E-state index contributed by atoms with van der Waals surface area (Å²) >= 11 is 5.22. The molecule has 1 heterocycles. The van der Waals surface area contributed by atoms with Gasteiger partial charge in [-0.2, -0.15) is 0 Å². The van der Waals surface area contributed by atoms with E-state index in [0.29, 0.717) is 5.25 Å². The highest BCUT2D eigenvalue weighted by molar-refractivity contribution is 9.10. The molecule has 0 bridgehead atoms. The minimum atomic E-state index is 0.000863. The number of fused-ring (bicyclic) bond motifs is 1. The molecule has 0 spiro atoms. The van der Waals surface area contributed by atoms with Crippen LogP contribution in [0.25, 0.3) is 6.08 Å². The van der Waals surface area contributed by atoms with Gasteiger partial charge in [0.2, 0.25) is 5.91 Å². The summed E-state index contributed by atoms with van der Waals surface area (Å²) in [4.78, 5) is 28.9. The third-order valence-electron chi connectivity index (χ3n) is 6.66. The Balaban J connectivity index is 1.49. The number of nitrogens with zero attached hydrogens (tertiary/aromatic N) is 1. The predicted octanol–water partition coefficient (Wildman–Crippen LogP) is 5.37. The van der Waals surface area contributed by atoms with Crippen molar-refractivity contribution >= 4 is 45.6 Å². The largest absolute Gasteiger partial charge is 0.352 e. The van der Waals surface area contributed by atoms with Crippen molar-refractivity contribution in [3.63, 3.8) is 0 Å². The molecule has 4 nitrogen and oxygen atoms in total. The van der Waals surface area contributed by atoms with Gasteiger partial charge in [-0.15, -0.1) is 11.8 Å². The highest BCUT2D eigenvalue weighted by Gasteiger charge is 2.41. The number of nitrogens with one attached hydrogen (secondary N) is 1. The molecule has 162 valence electrons. The second-order valence-corrected chi connectivity index (χ2v) is 11.2. The number of hydrogen-bond acceptors (Lipinski definition) is 3. The normalized spacial score (nSPS) is 30.8.